The van der Waals surface area contributed by atoms with E-state index in [2.05, 4.69) is 4.98 Å². The zero-order chi connectivity index (χ0) is 18.0. The molecule has 1 aromatic heterocycles. The predicted octanol–water partition coefficient (Wildman–Crippen LogP) is 2.23. The molecule has 2 aromatic rings. The standard InChI is InChI=1S/C18H17F2N3O2/c19-13-5-3-4-12(16(13)20)11-7-8-14(21)17(24)23(10-11)18(25)15-6-1-2-9-22-15/h1-6,9,11,14H,7-8,10,21H2/t11-,14-/m1/s1. The number of likely N-dealkylation sites (tertiary alicyclic amines) is 1. The summed E-state index contributed by atoms with van der Waals surface area (Å²) in [5, 5.41) is 0. The summed E-state index contributed by atoms with van der Waals surface area (Å²) in [6, 6.07) is 7.81. The van der Waals surface area contributed by atoms with Gasteiger partial charge in [0.05, 0.1) is 6.04 Å². The molecule has 0 bridgehead atoms. The molecule has 1 aliphatic rings. The molecule has 130 valence electrons. The topological polar surface area (TPSA) is 76.3 Å². The van der Waals surface area contributed by atoms with Crippen LogP contribution in [0.5, 0.6) is 0 Å². The van der Waals surface area contributed by atoms with E-state index >= 15 is 0 Å². The van der Waals surface area contributed by atoms with E-state index in [9.17, 15) is 18.4 Å². The summed E-state index contributed by atoms with van der Waals surface area (Å²) in [5.74, 6) is -3.57. The first kappa shape index (κ1) is 17.2. The second kappa shape index (κ2) is 7.06. The van der Waals surface area contributed by atoms with Crippen LogP contribution in [0.25, 0.3) is 0 Å². The summed E-state index contributed by atoms with van der Waals surface area (Å²) < 4.78 is 27.7. The van der Waals surface area contributed by atoms with Gasteiger partial charge in [0.1, 0.15) is 5.69 Å². The number of carbonyl (C=O) groups excluding carboxylic acids is 2. The average Bonchev–Trinajstić information content (AvgIpc) is 2.77. The first-order chi connectivity index (χ1) is 12.0. The van der Waals surface area contributed by atoms with Crippen molar-refractivity contribution in [2.75, 3.05) is 6.54 Å². The smallest absolute Gasteiger partial charge is 0.279 e. The molecule has 1 aliphatic heterocycles. The van der Waals surface area contributed by atoms with Gasteiger partial charge in [0, 0.05) is 18.7 Å². The molecule has 0 aliphatic carbocycles. The minimum absolute atomic E-state index is 0.0671. The number of hydrogen-bond donors (Lipinski definition) is 1. The number of nitrogens with two attached hydrogens (primary N) is 1. The van der Waals surface area contributed by atoms with E-state index in [4.69, 9.17) is 5.73 Å². The van der Waals surface area contributed by atoms with Crippen LogP contribution in [0.15, 0.2) is 42.6 Å². The minimum atomic E-state index is -0.958. The van der Waals surface area contributed by atoms with Crippen molar-refractivity contribution in [3.8, 4) is 0 Å². The van der Waals surface area contributed by atoms with Crippen molar-refractivity contribution in [2.24, 2.45) is 5.73 Å². The number of nitrogens with zero attached hydrogens (tertiary/aromatic N) is 2. The van der Waals surface area contributed by atoms with E-state index < -0.39 is 35.4 Å². The summed E-state index contributed by atoms with van der Waals surface area (Å²) in [7, 11) is 0. The van der Waals surface area contributed by atoms with E-state index in [1.165, 1.54) is 24.4 Å². The van der Waals surface area contributed by atoms with Gasteiger partial charge < -0.3 is 5.73 Å². The number of halogens is 2. The summed E-state index contributed by atoms with van der Waals surface area (Å²) in [6.45, 7) is -0.0671. The first-order valence-corrected chi connectivity index (χ1v) is 7.95. The van der Waals surface area contributed by atoms with Crippen molar-refractivity contribution in [1.29, 1.82) is 0 Å². The SMILES string of the molecule is N[C@@H]1CC[C@@H](c2cccc(F)c2F)CN(C(=O)c2ccccn2)C1=O. The maximum Gasteiger partial charge on any atom is 0.279 e. The Labute approximate surface area is 143 Å². The Kier molecular flexibility index (Phi) is 4.85. The molecule has 7 heteroatoms. The van der Waals surface area contributed by atoms with Gasteiger partial charge in [-0.3, -0.25) is 19.5 Å². The van der Waals surface area contributed by atoms with Gasteiger partial charge in [0.25, 0.3) is 5.91 Å². The normalized spacial score (nSPS) is 21.1. The number of carbonyl (C=O) groups is 2. The number of amides is 2. The van der Waals surface area contributed by atoms with Gasteiger partial charge in [-0.05, 0) is 36.6 Å². The molecule has 1 saturated heterocycles. The maximum atomic E-state index is 14.2. The molecular formula is C18H17F2N3O2. The van der Waals surface area contributed by atoms with Gasteiger partial charge in [-0.15, -0.1) is 0 Å². The molecule has 0 unspecified atom stereocenters. The third kappa shape index (κ3) is 3.41. The third-order valence-electron chi connectivity index (χ3n) is 4.36. The number of rotatable bonds is 2. The molecule has 2 N–H and O–H groups in total. The second-order valence-corrected chi connectivity index (χ2v) is 5.99. The maximum absolute atomic E-state index is 14.2. The lowest BCUT2D eigenvalue weighted by Crippen LogP contribution is -2.46. The molecule has 25 heavy (non-hydrogen) atoms. The number of hydrogen-bond acceptors (Lipinski definition) is 4. The summed E-state index contributed by atoms with van der Waals surface area (Å²) >= 11 is 0. The van der Waals surface area contributed by atoms with E-state index in [-0.39, 0.29) is 24.2 Å². The second-order valence-electron chi connectivity index (χ2n) is 5.99. The van der Waals surface area contributed by atoms with Crippen LogP contribution in [0.4, 0.5) is 8.78 Å². The zero-order valence-electron chi connectivity index (χ0n) is 13.4. The van der Waals surface area contributed by atoms with Crippen LogP contribution in [-0.4, -0.2) is 34.3 Å². The Hall–Kier alpha value is -2.67. The van der Waals surface area contributed by atoms with E-state index in [0.717, 1.165) is 11.0 Å². The zero-order valence-corrected chi connectivity index (χ0v) is 13.4. The van der Waals surface area contributed by atoms with Crippen LogP contribution in [0, 0.1) is 11.6 Å². The lowest BCUT2D eigenvalue weighted by Gasteiger charge is -2.24. The Morgan fingerprint density at radius 2 is 1.96 bits per heavy atom. The highest BCUT2D eigenvalue weighted by atomic mass is 19.2. The fraction of sp³-hybridized carbons (Fsp3) is 0.278. The molecule has 2 heterocycles. The van der Waals surface area contributed by atoms with Crippen LogP contribution < -0.4 is 5.73 Å². The van der Waals surface area contributed by atoms with E-state index in [1.54, 1.807) is 12.1 Å². The predicted molar refractivity (Wildman–Crippen MR) is 86.6 cm³/mol. The van der Waals surface area contributed by atoms with E-state index in [0.29, 0.717) is 6.42 Å². The minimum Gasteiger partial charge on any atom is -0.320 e. The van der Waals surface area contributed by atoms with Gasteiger partial charge in [-0.1, -0.05) is 18.2 Å². The van der Waals surface area contributed by atoms with Crippen LogP contribution in [-0.2, 0) is 4.79 Å². The van der Waals surface area contributed by atoms with Crippen LogP contribution in [0.3, 0.4) is 0 Å². The van der Waals surface area contributed by atoms with Crippen LogP contribution >= 0.6 is 0 Å². The Morgan fingerprint density at radius 3 is 2.68 bits per heavy atom. The number of pyridine rings is 1. The summed E-state index contributed by atoms with van der Waals surface area (Å²) in [6.07, 6.45) is 2.10. The lowest BCUT2D eigenvalue weighted by atomic mass is 9.93. The first-order valence-electron chi connectivity index (χ1n) is 7.95. The number of aromatic nitrogens is 1. The van der Waals surface area contributed by atoms with Gasteiger partial charge in [-0.2, -0.15) is 0 Å². The van der Waals surface area contributed by atoms with Gasteiger partial charge in [0.15, 0.2) is 11.6 Å². The highest BCUT2D eigenvalue weighted by Crippen LogP contribution is 2.30. The molecule has 1 aromatic carbocycles. The van der Waals surface area contributed by atoms with Gasteiger partial charge in [0.2, 0.25) is 5.91 Å². The van der Waals surface area contributed by atoms with Crippen molar-refractivity contribution >= 4 is 11.8 Å². The molecule has 1 fully saturated rings. The number of benzene rings is 1. The molecule has 0 spiro atoms. The average molecular weight is 345 g/mol. The van der Waals surface area contributed by atoms with Crippen molar-refractivity contribution in [3.05, 3.63) is 65.5 Å². The Morgan fingerprint density at radius 1 is 1.16 bits per heavy atom. The van der Waals surface area contributed by atoms with Gasteiger partial charge >= 0.3 is 0 Å². The largest absolute Gasteiger partial charge is 0.320 e. The summed E-state index contributed by atoms with van der Waals surface area (Å²) in [5.41, 5.74) is 6.10. The molecule has 0 saturated carbocycles. The summed E-state index contributed by atoms with van der Waals surface area (Å²) in [4.78, 5) is 30.1. The molecule has 3 rings (SSSR count). The fourth-order valence-electron chi connectivity index (χ4n) is 3.01. The number of imide groups is 1. The van der Waals surface area contributed by atoms with Crippen molar-refractivity contribution in [1.82, 2.24) is 9.88 Å². The Bertz CT molecular complexity index is 798. The Balaban J connectivity index is 1.95. The monoisotopic (exact) mass is 345 g/mol. The lowest BCUT2D eigenvalue weighted by molar-refractivity contribution is -0.129. The molecule has 5 nitrogen and oxygen atoms in total. The highest BCUT2D eigenvalue weighted by molar-refractivity contribution is 6.05. The molecule has 2 atom stereocenters. The fourth-order valence-corrected chi connectivity index (χ4v) is 3.01. The van der Waals surface area contributed by atoms with Crippen LogP contribution in [0.2, 0.25) is 0 Å². The third-order valence-corrected chi connectivity index (χ3v) is 4.36. The molecule has 0 radical (unpaired) electrons. The van der Waals surface area contributed by atoms with Crippen molar-refractivity contribution in [2.45, 2.75) is 24.8 Å². The van der Waals surface area contributed by atoms with Crippen molar-refractivity contribution < 1.29 is 18.4 Å². The van der Waals surface area contributed by atoms with Crippen LogP contribution in [0.1, 0.15) is 34.8 Å². The van der Waals surface area contributed by atoms with E-state index in [1.807, 2.05) is 0 Å². The molecule has 2 amide bonds. The highest BCUT2D eigenvalue weighted by Gasteiger charge is 2.35. The quantitative estimate of drug-likeness (QED) is 0.847. The molecular weight excluding hydrogens is 328 g/mol. The van der Waals surface area contributed by atoms with Gasteiger partial charge in [-0.25, -0.2) is 8.78 Å². The van der Waals surface area contributed by atoms with Crippen molar-refractivity contribution in [3.63, 3.8) is 0 Å².